The van der Waals surface area contributed by atoms with Crippen molar-refractivity contribution in [2.45, 2.75) is 51.1 Å². The molecule has 2 N–H and O–H groups in total. The van der Waals surface area contributed by atoms with E-state index in [9.17, 15) is 0 Å². The molecule has 128 valence electrons. The number of piperidine rings is 1. The van der Waals surface area contributed by atoms with Gasteiger partial charge in [0.25, 0.3) is 0 Å². The lowest BCUT2D eigenvalue weighted by molar-refractivity contribution is 0.119. The maximum Gasteiger partial charge on any atom is 0.0236 e. The van der Waals surface area contributed by atoms with Crippen LogP contribution in [0.3, 0.4) is 0 Å². The fourth-order valence-electron chi connectivity index (χ4n) is 4.00. The summed E-state index contributed by atoms with van der Waals surface area (Å²) in [4.78, 5) is 2.66. The summed E-state index contributed by atoms with van der Waals surface area (Å²) in [5.74, 6) is 0.430. The van der Waals surface area contributed by atoms with E-state index >= 15 is 0 Å². The first-order valence-corrected chi connectivity index (χ1v) is 9.38. The molecular formula is C22H30N2. The fourth-order valence-corrected chi connectivity index (χ4v) is 4.00. The van der Waals surface area contributed by atoms with Crippen LogP contribution in [0.5, 0.6) is 0 Å². The van der Waals surface area contributed by atoms with E-state index < -0.39 is 0 Å². The molecule has 2 atom stereocenters. The molecule has 0 bridgehead atoms. The zero-order valence-electron chi connectivity index (χ0n) is 14.8. The number of aryl methyl sites for hydroxylation is 1. The van der Waals surface area contributed by atoms with Gasteiger partial charge in [0.15, 0.2) is 0 Å². The van der Waals surface area contributed by atoms with Crippen LogP contribution in [0.4, 0.5) is 0 Å². The van der Waals surface area contributed by atoms with E-state index in [2.05, 4.69) is 66.4 Å². The largest absolute Gasteiger partial charge is 0.330 e. The van der Waals surface area contributed by atoms with Crippen LogP contribution in [-0.4, -0.2) is 24.0 Å². The van der Waals surface area contributed by atoms with Crippen LogP contribution in [0.1, 0.15) is 48.8 Å². The van der Waals surface area contributed by atoms with Gasteiger partial charge in [-0.2, -0.15) is 0 Å². The van der Waals surface area contributed by atoms with Crippen molar-refractivity contribution < 1.29 is 0 Å². The van der Waals surface area contributed by atoms with Crippen molar-refractivity contribution in [3.05, 3.63) is 71.3 Å². The molecule has 0 aromatic heterocycles. The molecule has 0 aliphatic carbocycles. The molecule has 2 unspecified atom stereocenters. The van der Waals surface area contributed by atoms with E-state index in [0.29, 0.717) is 12.0 Å². The zero-order valence-corrected chi connectivity index (χ0v) is 14.8. The molecule has 1 aliphatic rings. The molecule has 2 heteroatoms. The molecule has 24 heavy (non-hydrogen) atoms. The Labute approximate surface area is 146 Å². The number of nitrogens with two attached hydrogens (primary N) is 1. The van der Waals surface area contributed by atoms with E-state index in [1.54, 1.807) is 0 Å². The van der Waals surface area contributed by atoms with Crippen molar-refractivity contribution in [3.63, 3.8) is 0 Å². The number of rotatable bonds is 6. The molecule has 1 fully saturated rings. The number of likely N-dealkylation sites (tertiary alicyclic amines) is 1. The summed E-state index contributed by atoms with van der Waals surface area (Å²) in [7, 11) is 0. The monoisotopic (exact) mass is 322 g/mol. The zero-order chi connectivity index (χ0) is 16.8. The Morgan fingerprint density at radius 3 is 2.42 bits per heavy atom. The van der Waals surface area contributed by atoms with Crippen molar-refractivity contribution in [2.24, 2.45) is 5.73 Å². The molecule has 1 heterocycles. The third kappa shape index (κ3) is 4.06. The highest BCUT2D eigenvalue weighted by Gasteiger charge is 2.30. The Balaban J connectivity index is 1.78. The Hall–Kier alpha value is -1.64. The molecule has 2 aromatic rings. The number of hydrogen-bond donors (Lipinski definition) is 1. The van der Waals surface area contributed by atoms with E-state index in [4.69, 9.17) is 5.73 Å². The summed E-state index contributed by atoms with van der Waals surface area (Å²) >= 11 is 0. The molecule has 0 amide bonds. The molecule has 2 aromatic carbocycles. The van der Waals surface area contributed by atoms with Crippen LogP contribution in [0, 0.1) is 0 Å². The van der Waals surface area contributed by atoms with Gasteiger partial charge in [-0.15, -0.1) is 0 Å². The second-order valence-electron chi connectivity index (χ2n) is 6.96. The van der Waals surface area contributed by atoms with Gasteiger partial charge >= 0.3 is 0 Å². The maximum absolute atomic E-state index is 6.24. The Kier molecular flexibility index (Phi) is 6.06. The van der Waals surface area contributed by atoms with Gasteiger partial charge in [0.1, 0.15) is 0 Å². The molecule has 2 nitrogen and oxygen atoms in total. The Bertz CT molecular complexity index is 606. The van der Waals surface area contributed by atoms with E-state index in [1.165, 1.54) is 42.5 Å². The summed E-state index contributed by atoms with van der Waals surface area (Å²) in [6, 6.07) is 20.5. The maximum atomic E-state index is 6.24. The van der Waals surface area contributed by atoms with Crippen molar-refractivity contribution in [1.82, 2.24) is 4.90 Å². The normalized spacial score (nSPS) is 20.0. The number of benzene rings is 2. The lowest BCUT2D eigenvalue weighted by Gasteiger charge is -2.40. The highest BCUT2D eigenvalue weighted by Crippen LogP contribution is 2.31. The lowest BCUT2D eigenvalue weighted by atomic mass is 9.84. The first kappa shape index (κ1) is 17.2. The van der Waals surface area contributed by atoms with Crippen LogP contribution in [-0.2, 0) is 13.0 Å². The summed E-state index contributed by atoms with van der Waals surface area (Å²) in [6.07, 6.45) is 4.97. The quantitative estimate of drug-likeness (QED) is 0.857. The summed E-state index contributed by atoms with van der Waals surface area (Å²) in [5.41, 5.74) is 10.4. The third-order valence-electron chi connectivity index (χ3n) is 5.43. The second kappa shape index (κ2) is 8.46. The van der Waals surface area contributed by atoms with Gasteiger partial charge in [0.05, 0.1) is 0 Å². The van der Waals surface area contributed by atoms with Gasteiger partial charge in [-0.3, -0.25) is 4.90 Å². The SMILES string of the molecule is CCc1ccc(C(CN)C2CCCCN2Cc2ccccc2)cc1. The van der Waals surface area contributed by atoms with Crippen LogP contribution in [0.15, 0.2) is 54.6 Å². The minimum absolute atomic E-state index is 0.430. The fraction of sp³-hybridized carbons (Fsp3) is 0.455. The predicted octanol–water partition coefficient (Wildman–Crippen LogP) is 4.35. The van der Waals surface area contributed by atoms with E-state index in [0.717, 1.165) is 19.5 Å². The standard InChI is InChI=1S/C22H30N2/c1-2-18-11-13-20(14-12-18)21(16-23)22-10-6-7-15-24(22)17-19-8-4-3-5-9-19/h3-5,8-9,11-14,21-22H,2,6-7,10,15-17,23H2,1H3. The first-order chi connectivity index (χ1) is 11.8. The van der Waals surface area contributed by atoms with Crippen LogP contribution >= 0.6 is 0 Å². The average Bonchev–Trinajstić information content (AvgIpc) is 2.65. The van der Waals surface area contributed by atoms with Gasteiger partial charge in [-0.25, -0.2) is 0 Å². The lowest BCUT2D eigenvalue weighted by Crippen LogP contribution is -2.44. The van der Waals surface area contributed by atoms with Crippen molar-refractivity contribution in [2.75, 3.05) is 13.1 Å². The molecule has 3 rings (SSSR count). The van der Waals surface area contributed by atoms with Gasteiger partial charge in [-0.05, 0) is 42.5 Å². The summed E-state index contributed by atoms with van der Waals surface area (Å²) in [5, 5.41) is 0. The van der Waals surface area contributed by atoms with Crippen molar-refractivity contribution in [1.29, 1.82) is 0 Å². The minimum atomic E-state index is 0.430. The van der Waals surface area contributed by atoms with Gasteiger partial charge in [-0.1, -0.05) is 67.9 Å². The molecule has 0 saturated carbocycles. The average molecular weight is 322 g/mol. The minimum Gasteiger partial charge on any atom is -0.330 e. The molecule has 1 aliphatic heterocycles. The predicted molar refractivity (Wildman–Crippen MR) is 102 cm³/mol. The highest BCUT2D eigenvalue weighted by atomic mass is 15.2. The van der Waals surface area contributed by atoms with Gasteiger partial charge < -0.3 is 5.73 Å². The topological polar surface area (TPSA) is 29.3 Å². The van der Waals surface area contributed by atoms with Crippen molar-refractivity contribution >= 4 is 0 Å². The first-order valence-electron chi connectivity index (χ1n) is 9.38. The van der Waals surface area contributed by atoms with Gasteiger partial charge in [0, 0.05) is 25.0 Å². The smallest absolute Gasteiger partial charge is 0.0236 e. The molecule has 0 spiro atoms. The van der Waals surface area contributed by atoms with Crippen LogP contribution in [0.25, 0.3) is 0 Å². The third-order valence-corrected chi connectivity index (χ3v) is 5.43. The molecule has 1 saturated heterocycles. The Morgan fingerprint density at radius 1 is 1.00 bits per heavy atom. The summed E-state index contributed by atoms with van der Waals surface area (Å²) < 4.78 is 0. The van der Waals surface area contributed by atoms with Crippen LogP contribution < -0.4 is 5.73 Å². The number of hydrogen-bond acceptors (Lipinski definition) is 2. The highest BCUT2D eigenvalue weighted by molar-refractivity contribution is 5.27. The van der Waals surface area contributed by atoms with E-state index in [1.807, 2.05) is 0 Å². The Morgan fingerprint density at radius 2 is 1.75 bits per heavy atom. The molecular weight excluding hydrogens is 292 g/mol. The van der Waals surface area contributed by atoms with Crippen molar-refractivity contribution in [3.8, 4) is 0 Å². The van der Waals surface area contributed by atoms with Gasteiger partial charge in [0.2, 0.25) is 0 Å². The van der Waals surface area contributed by atoms with Crippen LogP contribution in [0.2, 0.25) is 0 Å². The summed E-state index contributed by atoms with van der Waals surface area (Å²) in [6.45, 7) is 5.15. The number of nitrogens with zero attached hydrogens (tertiary/aromatic N) is 1. The molecule has 0 radical (unpaired) electrons. The second-order valence-corrected chi connectivity index (χ2v) is 6.96. The van der Waals surface area contributed by atoms with E-state index in [-0.39, 0.29) is 0 Å².